The van der Waals surface area contributed by atoms with E-state index < -0.39 is 0 Å². The van der Waals surface area contributed by atoms with Crippen LogP contribution in [0, 0.1) is 6.92 Å². The van der Waals surface area contributed by atoms with Gasteiger partial charge in [-0.15, -0.1) is 10.2 Å². The van der Waals surface area contributed by atoms with Gasteiger partial charge in [-0.05, 0) is 24.6 Å². The molecule has 3 aromatic rings. The summed E-state index contributed by atoms with van der Waals surface area (Å²) in [5, 5.41) is 11.1. The number of carbonyl (C=O) groups excluding carboxylic acids is 1. The lowest BCUT2D eigenvalue weighted by Crippen LogP contribution is -2.15. The molecule has 0 bridgehead atoms. The van der Waals surface area contributed by atoms with Crippen LogP contribution >= 0.6 is 11.8 Å². The predicted molar refractivity (Wildman–Crippen MR) is 91.9 cm³/mol. The van der Waals surface area contributed by atoms with Crippen molar-refractivity contribution in [3.8, 4) is 0 Å². The standard InChI is InChI=1S/C17H16N4O2S/c1-12-6-5-9-14(18-12)19-15(22)11-24-17-21-20-16(23-17)10-13-7-3-2-4-8-13/h2-9H,10-11H2,1H3,(H,18,19,22). The first-order chi connectivity index (χ1) is 11.7. The first-order valence-corrected chi connectivity index (χ1v) is 8.40. The van der Waals surface area contributed by atoms with Gasteiger partial charge in [-0.25, -0.2) is 4.98 Å². The largest absolute Gasteiger partial charge is 0.416 e. The van der Waals surface area contributed by atoms with Gasteiger partial charge in [-0.1, -0.05) is 48.2 Å². The maximum atomic E-state index is 11.9. The van der Waals surface area contributed by atoms with Crippen molar-refractivity contribution in [2.45, 2.75) is 18.6 Å². The van der Waals surface area contributed by atoms with Gasteiger partial charge in [-0.2, -0.15) is 0 Å². The van der Waals surface area contributed by atoms with Gasteiger partial charge in [0.25, 0.3) is 5.22 Å². The Labute approximate surface area is 143 Å². The van der Waals surface area contributed by atoms with Crippen LogP contribution in [0.5, 0.6) is 0 Å². The van der Waals surface area contributed by atoms with E-state index in [1.807, 2.05) is 49.4 Å². The number of hydrogen-bond donors (Lipinski definition) is 1. The van der Waals surface area contributed by atoms with Crippen LogP contribution < -0.4 is 5.32 Å². The number of thioether (sulfide) groups is 1. The molecule has 0 atom stereocenters. The fourth-order valence-corrected chi connectivity index (χ4v) is 2.64. The summed E-state index contributed by atoms with van der Waals surface area (Å²) in [5.74, 6) is 1.09. The smallest absolute Gasteiger partial charge is 0.277 e. The molecule has 0 aliphatic rings. The molecule has 0 spiro atoms. The number of pyridine rings is 1. The van der Waals surface area contributed by atoms with Gasteiger partial charge >= 0.3 is 0 Å². The summed E-state index contributed by atoms with van der Waals surface area (Å²) in [6.45, 7) is 1.87. The summed E-state index contributed by atoms with van der Waals surface area (Å²) in [6.07, 6.45) is 0.577. The number of nitrogens with one attached hydrogen (secondary N) is 1. The second kappa shape index (κ2) is 7.74. The zero-order chi connectivity index (χ0) is 16.8. The van der Waals surface area contributed by atoms with E-state index in [-0.39, 0.29) is 11.7 Å². The van der Waals surface area contributed by atoms with Crippen molar-refractivity contribution in [3.63, 3.8) is 0 Å². The van der Waals surface area contributed by atoms with Crippen molar-refractivity contribution >= 4 is 23.5 Å². The lowest BCUT2D eigenvalue weighted by molar-refractivity contribution is -0.113. The lowest BCUT2D eigenvalue weighted by atomic mass is 10.2. The molecule has 1 aromatic carbocycles. The molecule has 0 saturated carbocycles. The molecule has 1 amide bonds. The topological polar surface area (TPSA) is 80.9 Å². The van der Waals surface area contributed by atoms with Gasteiger partial charge in [0.05, 0.1) is 12.2 Å². The van der Waals surface area contributed by atoms with E-state index in [1.54, 1.807) is 6.07 Å². The maximum Gasteiger partial charge on any atom is 0.277 e. The second-order valence-electron chi connectivity index (χ2n) is 5.13. The molecular weight excluding hydrogens is 324 g/mol. The lowest BCUT2D eigenvalue weighted by Gasteiger charge is -2.03. The van der Waals surface area contributed by atoms with E-state index in [0.717, 1.165) is 11.3 Å². The third-order valence-electron chi connectivity index (χ3n) is 3.13. The molecule has 24 heavy (non-hydrogen) atoms. The van der Waals surface area contributed by atoms with Crippen molar-refractivity contribution in [1.29, 1.82) is 0 Å². The molecule has 1 N–H and O–H groups in total. The summed E-state index contributed by atoms with van der Waals surface area (Å²) in [4.78, 5) is 16.2. The van der Waals surface area contributed by atoms with E-state index in [1.165, 1.54) is 11.8 Å². The Morgan fingerprint density at radius 3 is 2.75 bits per heavy atom. The fourth-order valence-electron chi connectivity index (χ4n) is 2.06. The van der Waals surface area contributed by atoms with Crippen LogP contribution in [-0.2, 0) is 11.2 Å². The zero-order valence-electron chi connectivity index (χ0n) is 13.1. The minimum absolute atomic E-state index is 0.166. The summed E-state index contributed by atoms with van der Waals surface area (Å²) in [7, 11) is 0. The number of hydrogen-bond acceptors (Lipinski definition) is 6. The quantitative estimate of drug-likeness (QED) is 0.695. The minimum atomic E-state index is -0.166. The van der Waals surface area contributed by atoms with Crippen molar-refractivity contribution in [2.75, 3.05) is 11.1 Å². The number of rotatable bonds is 6. The molecule has 0 unspecified atom stereocenters. The van der Waals surface area contributed by atoms with Gasteiger partial charge < -0.3 is 9.73 Å². The summed E-state index contributed by atoms with van der Waals surface area (Å²) in [5.41, 5.74) is 1.95. The molecule has 2 heterocycles. The minimum Gasteiger partial charge on any atom is -0.416 e. The number of nitrogens with zero attached hydrogens (tertiary/aromatic N) is 3. The molecule has 0 aliphatic heterocycles. The third-order valence-corrected chi connectivity index (χ3v) is 3.95. The average Bonchev–Trinajstić information content (AvgIpc) is 3.01. The Bertz CT molecular complexity index is 820. The van der Waals surface area contributed by atoms with Gasteiger partial charge in [-0.3, -0.25) is 4.79 Å². The molecule has 0 aliphatic carbocycles. The van der Waals surface area contributed by atoms with E-state index >= 15 is 0 Å². The average molecular weight is 340 g/mol. The van der Waals surface area contributed by atoms with Crippen LogP contribution in [-0.4, -0.2) is 26.8 Å². The molecule has 7 heteroatoms. The van der Waals surface area contributed by atoms with Crippen LogP contribution in [0.1, 0.15) is 17.1 Å². The van der Waals surface area contributed by atoms with Gasteiger partial charge in [0.15, 0.2) is 0 Å². The molecule has 3 rings (SSSR count). The molecule has 2 aromatic heterocycles. The normalized spacial score (nSPS) is 10.5. The number of benzene rings is 1. The molecule has 122 valence electrons. The molecule has 0 fully saturated rings. The molecule has 0 radical (unpaired) electrons. The summed E-state index contributed by atoms with van der Waals surface area (Å²) in [6, 6.07) is 15.4. The van der Waals surface area contributed by atoms with Crippen LogP contribution in [0.4, 0.5) is 5.82 Å². The third kappa shape index (κ3) is 4.66. The Balaban J connectivity index is 1.51. The maximum absolute atomic E-state index is 11.9. The van der Waals surface area contributed by atoms with Crippen molar-refractivity contribution in [1.82, 2.24) is 15.2 Å². The van der Waals surface area contributed by atoms with E-state index in [2.05, 4.69) is 20.5 Å². The SMILES string of the molecule is Cc1cccc(NC(=O)CSc2nnc(Cc3ccccc3)o2)n1. The Hall–Kier alpha value is -2.67. The monoisotopic (exact) mass is 340 g/mol. The number of aromatic nitrogens is 3. The summed E-state index contributed by atoms with van der Waals surface area (Å²) >= 11 is 1.20. The number of amides is 1. The van der Waals surface area contributed by atoms with E-state index in [0.29, 0.717) is 23.4 Å². The second-order valence-corrected chi connectivity index (χ2v) is 6.05. The van der Waals surface area contributed by atoms with Crippen molar-refractivity contribution in [3.05, 3.63) is 65.7 Å². The molecule has 6 nitrogen and oxygen atoms in total. The van der Waals surface area contributed by atoms with Crippen molar-refractivity contribution in [2.24, 2.45) is 0 Å². The highest BCUT2D eigenvalue weighted by Crippen LogP contribution is 2.18. The Morgan fingerprint density at radius 2 is 1.96 bits per heavy atom. The fraction of sp³-hybridized carbons (Fsp3) is 0.176. The van der Waals surface area contributed by atoms with Gasteiger partial charge in [0, 0.05) is 5.69 Å². The van der Waals surface area contributed by atoms with Crippen LogP contribution in [0.3, 0.4) is 0 Å². The van der Waals surface area contributed by atoms with Crippen molar-refractivity contribution < 1.29 is 9.21 Å². The Kier molecular flexibility index (Phi) is 5.22. The van der Waals surface area contributed by atoms with Gasteiger partial charge in [0.2, 0.25) is 11.8 Å². The van der Waals surface area contributed by atoms with E-state index in [9.17, 15) is 4.79 Å². The van der Waals surface area contributed by atoms with Crippen LogP contribution in [0.15, 0.2) is 58.2 Å². The van der Waals surface area contributed by atoms with Crippen LogP contribution in [0.2, 0.25) is 0 Å². The number of anilines is 1. The van der Waals surface area contributed by atoms with Gasteiger partial charge in [0.1, 0.15) is 5.82 Å². The highest BCUT2D eigenvalue weighted by atomic mass is 32.2. The Morgan fingerprint density at radius 1 is 1.12 bits per heavy atom. The van der Waals surface area contributed by atoms with E-state index in [4.69, 9.17) is 4.42 Å². The highest BCUT2D eigenvalue weighted by Gasteiger charge is 2.10. The predicted octanol–water partition coefficient (Wildman–Crippen LogP) is 3.09. The summed E-state index contributed by atoms with van der Waals surface area (Å²) < 4.78 is 5.55. The number of carbonyl (C=O) groups is 1. The first-order valence-electron chi connectivity index (χ1n) is 7.41. The zero-order valence-corrected chi connectivity index (χ0v) is 13.9. The first kappa shape index (κ1) is 16.2. The van der Waals surface area contributed by atoms with Crippen LogP contribution in [0.25, 0.3) is 0 Å². The highest BCUT2D eigenvalue weighted by molar-refractivity contribution is 7.99. The molecule has 0 saturated heterocycles. The number of aryl methyl sites for hydroxylation is 1. The molecular formula is C17H16N4O2S.